The molecule has 12 nitrogen and oxygen atoms in total. The summed E-state index contributed by atoms with van der Waals surface area (Å²) in [5.74, 6) is -1.78. The Hall–Kier alpha value is -2.37. The van der Waals surface area contributed by atoms with Crippen molar-refractivity contribution in [1.29, 1.82) is 0 Å². The fourth-order valence-corrected chi connectivity index (χ4v) is 9.16. The highest BCUT2D eigenvalue weighted by Gasteiger charge is 2.69. The normalized spacial score (nSPS) is 31.1. The Morgan fingerprint density at radius 1 is 1.18 bits per heavy atom. The Bertz CT molecular complexity index is 1280. The van der Waals surface area contributed by atoms with Gasteiger partial charge in [-0.3, -0.25) is 14.4 Å². The number of carbonyl (C=O) groups excluding carboxylic acids is 4. The SMILES string of the molecule is COCCOCCOCC(=O)O[C@@H]1/C=C(\C)CC[C@]2(CC(=O)N[C@H](C)c3nc(cs3)/C=C\C=C\C1=O)[S+]([O-])SC(=O)[C@]2(C)O. The van der Waals surface area contributed by atoms with Crippen LogP contribution in [0.25, 0.3) is 6.08 Å². The zero-order valence-corrected chi connectivity index (χ0v) is 27.5. The summed E-state index contributed by atoms with van der Waals surface area (Å²) in [6, 6.07) is -0.477. The molecule has 3 rings (SSSR count). The summed E-state index contributed by atoms with van der Waals surface area (Å²) in [5.41, 5.74) is -0.893. The molecule has 3 heterocycles. The van der Waals surface area contributed by atoms with Crippen molar-refractivity contribution in [2.45, 2.75) is 62.5 Å². The van der Waals surface area contributed by atoms with Gasteiger partial charge < -0.3 is 33.9 Å². The maximum atomic E-state index is 13.3. The predicted molar refractivity (Wildman–Crippen MR) is 167 cm³/mol. The average molecular weight is 671 g/mol. The fraction of sp³-hybridized carbons (Fsp3) is 0.552. The second kappa shape index (κ2) is 16.8. The van der Waals surface area contributed by atoms with Crippen molar-refractivity contribution in [2.75, 3.05) is 40.1 Å². The lowest BCUT2D eigenvalue weighted by molar-refractivity contribution is -0.156. The lowest BCUT2D eigenvalue weighted by Crippen LogP contribution is -2.56. The molecule has 1 amide bonds. The van der Waals surface area contributed by atoms with Gasteiger partial charge in [-0.2, -0.15) is 0 Å². The number of ketones is 1. The molecule has 1 aromatic rings. The number of methoxy groups -OCH3 is 1. The molecular weight excluding hydrogens is 633 g/mol. The van der Waals surface area contributed by atoms with Gasteiger partial charge in [0.25, 0.3) is 5.12 Å². The highest BCUT2D eigenvalue weighted by molar-refractivity contribution is 8.79. The zero-order valence-electron chi connectivity index (χ0n) is 25.1. The van der Waals surface area contributed by atoms with Crippen LogP contribution in [0.15, 0.2) is 35.3 Å². The first kappa shape index (κ1) is 36.1. The number of rotatable bonds is 9. The van der Waals surface area contributed by atoms with Gasteiger partial charge >= 0.3 is 5.97 Å². The Morgan fingerprint density at radius 3 is 2.59 bits per heavy atom. The number of esters is 1. The molecule has 0 aromatic carbocycles. The number of thiazole rings is 1. The van der Waals surface area contributed by atoms with Crippen molar-refractivity contribution in [3.05, 3.63) is 46.0 Å². The molecule has 0 aliphatic carbocycles. The number of aromatic nitrogens is 1. The van der Waals surface area contributed by atoms with Gasteiger partial charge in [0.1, 0.15) is 11.6 Å². The van der Waals surface area contributed by atoms with Crippen molar-refractivity contribution < 1.29 is 47.8 Å². The molecule has 0 radical (unpaired) electrons. The van der Waals surface area contributed by atoms with E-state index in [0.29, 0.717) is 40.3 Å². The maximum Gasteiger partial charge on any atom is 0.333 e. The van der Waals surface area contributed by atoms with Crippen molar-refractivity contribution >= 4 is 61.2 Å². The molecule has 0 saturated carbocycles. The Morgan fingerprint density at radius 2 is 1.89 bits per heavy atom. The highest BCUT2D eigenvalue weighted by Crippen LogP contribution is 2.53. The summed E-state index contributed by atoms with van der Waals surface area (Å²) in [6.45, 7) is 5.51. The molecule has 44 heavy (non-hydrogen) atoms. The largest absolute Gasteiger partial charge is 0.604 e. The quantitative estimate of drug-likeness (QED) is 0.129. The Labute approximate surface area is 267 Å². The van der Waals surface area contributed by atoms with Gasteiger partial charge in [-0.15, -0.1) is 11.3 Å². The van der Waals surface area contributed by atoms with E-state index in [2.05, 4.69) is 10.3 Å². The summed E-state index contributed by atoms with van der Waals surface area (Å²) >= 11 is 1.32. The van der Waals surface area contributed by atoms with Crippen molar-refractivity contribution in [3.8, 4) is 0 Å². The molecule has 1 spiro atoms. The fourth-order valence-electron chi connectivity index (χ4n) is 4.42. The van der Waals surface area contributed by atoms with Crippen molar-refractivity contribution in [2.24, 2.45) is 0 Å². The van der Waals surface area contributed by atoms with E-state index >= 15 is 0 Å². The van der Waals surface area contributed by atoms with Crippen LogP contribution in [0.1, 0.15) is 56.8 Å². The number of hydrogen-bond acceptors (Lipinski definition) is 13. The molecule has 1 saturated heterocycles. The van der Waals surface area contributed by atoms with Gasteiger partial charge in [-0.1, -0.05) is 17.7 Å². The van der Waals surface area contributed by atoms with Gasteiger partial charge in [0.2, 0.25) is 5.91 Å². The van der Waals surface area contributed by atoms with Crippen LogP contribution < -0.4 is 5.32 Å². The van der Waals surface area contributed by atoms with Crippen LogP contribution in [0.4, 0.5) is 0 Å². The average Bonchev–Trinajstić information content (AvgIpc) is 3.50. The molecule has 242 valence electrons. The molecule has 15 heteroatoms. The first-order chi connectivity index (χ1) is 20.9. The van der Waals surface area contributed by atoms with Crippen LogP contribution in [0.3, 0.4) is 0 Å². The molecule has 2 N–H and O–H groups in total. The van der Waals surface area contributed by atoms with Gasteiger partial charge in [-0.05, 0) is 45.4 Å². The number of aliphatic hydroxyl groups is 1. The Balaban J connectivity index is 1.85. The number of amides is 1. The Kier molecular flexibility index (Phi) is 13.8. The minimum absolute atomic E-state index is 0.0174. The van der Waals surface area contributed by atoms with Crippen LogP contribution in [0, 0.1) is 0 Å². The first-order valence-electron chi connectivity index (χ1n) is 13.9. The van der Waals surface area contributed by atoms with Gasteiger partial charge in [-0.25, -0.2) is 9.78 Å². The van der Waals surface area contributed by atoms with Gasteiger partial charge in [0, 0.05) is 29.1 Å². The van der Waals surface area contributed by atoms with E-state index in [4.69, 9.17) is 18.9 Å². The summed E-state index contributed by atoms with van der Waals surface area (Å²) in [7, 11) is 0.130. The number of nitrogens with one attached hydrogen (secondary N) is 1. The number of carbonyl (C=O) groups is 4. The molecular formula is C29H38N2O10S3. The number of ether oxygens (including phenoxy) is 4. The van der Waals surface area contributed by atoms with Crippen LogP contribution in [-0.2, 0) is 48.3 Å². The topological polar surface area (TPSA) is 173 Å². The van der Waals surface area contributed by atoms with E-state index in [1.165, 1.54) is 36.5 Å². The predicted octanol–water partition coefficient (Wildman–Crippen LogP) is 2.61. The lowest BCUT2D eigenvalue weighted by atomic mass is 9.81. The van der Waals surface area contributed by atoms with E-state index in [0.717, 1.165) is 0 Å². The molecule has 1 fully saturated rings. The van der Waals surface area contributed by atoms with E-state index in [1.54, 1.807) is 38.5 Å². The number of nitrogens with zero attached hydrogens (tertiary/aromatic N) is 1. The molecule has 5 atom stereocenters. The summed E-state index contributed by atoms with van der Waals surface area (Å²) in [4.78, 5) is 56.0. The molecule has 1 unspecified atom stereocenters. The smallest absolute Gasteiger partial charge is 0.333 e. The summed E-state index contributed by atoms with van der Waals surface area (Å²) < 4.78 is 32.6. The third-order valence-corrected chi connectivity index (χ3v) is 12.0. The van der Waals surface area contributed by atoms with Crippen LogP contribution >= 0.6 is 22.1 Å². The van der Waals surface area contributed by atoms with Crippen LogP contribution in [0.5, 0.6) is 0 Å². The molecule has 2 aliphatic heterocycles. The molecule has 2 bridgehead atoms. The van der Waals surface area contributed by atoms with Crippen LogP contribution in [-0.4, -0.2) is 94.0 Å². The van der Waals surface area contributed by atoms with Crippen molar-refractivity contribution in [3.63, 3.8) is 0 Å². The molecule has 1 aromatic heterocycles. The number of allylic oxidation sites excluding steroid dienone is 3. The zero-order chi connectivity index (χ0) is 32.3. The monoisotopic (exact) mass is 670 g/mol. The minimum Gasteiger partial charge on any atom is -0.604 e. The third kappa shape index (κ3) is 9.57. The second-order valence-corrected chi connectivity index (χ2v) is 14.5. The van der Waals surface area contributed by atoms with Crippen molar-refractivity contribution in [1.82, 2.24) is 10.3 Å². The first-order valence-corrected chi connectivity index (χ1v) is 17.3. The van der Waals surface area contributed by atoms with Gasteiger partial charge in [0.05, 0.1) is 44.6 Å². The van der Waals surface area contributed by atoms with E-state index in [9.17, 15) is 28.8 Å². The minimum atomic E-state index is -2.06. The molecule has 2 aliphatic rings. The van der Waals surface area contributed by atoms with Crippen LogP contribution in [0.2, 0.25) is 0 Å². The number of fused-ring (bicyclic) bond motifs is 2. The lowest BCUT2D eigenvalue weighted by Gasteiger charge is -2.35. The third-order valence-electron chi connectivity index (χ3n) is 7.05. The van der Waals surface area contributed by atoms with E-state index in [1.807, 2.05) is 0 Å². The van der Waals surface area contributed by atoms with Gasteiger partial charge in [0.15, 0.2) is 33.0 Å². The highest BCUT2D eigenvalue weighted by atomic mass is 33.1. The van der Waals surface area contributed by atoms with E-state index < -0.39 is 62.1 Å². The summed E-state index contributed by atoms with van der Waals surface area (Å²) in [6.07, 6.45) is 5.99. The standard InChI is InChI=1S/C29H38N2O10S3/c1-19-9-10-29(28(3,36)27(35)43-44(29)37)16-24(33)30-20(2)26-31-21(18-42-26)7-5-6-8-22(32)23(15-19)41-25(34)17-40-14-13-39-12-11-38-4/h5-8,15,18,20,23,36H,9-14,16-17H2,1-4H3,(H,30,33)/b7-5-,8-6+,19-15+/t20-,23-,28+,29-,44?/m1/s1. The summed E-state index contributed by atoms with van der Waals surface area (Å²) in [5, 5.41) is 15.8. The van der Waals surface area contributed by atoms with E-state index in [-0.39, 0.29) is 32.5 Å². The maximum absolute atomic E-state index is 13.3. The second-order valence-electron chi connectivity index (χ2n) is 10.5. The number of hydrogen-bond donors (Lipinski definition) is 2.